The number of hydrogen-bond acceptors (Lipinski definition) is 6. The van der Waals surface area contributed by atoms with Crippen molar-refractivity contribution in [1.82, 2.24) is 10.1 Å². The SMILES string of the molecule is CCC(C)SCc1noc(C(N)CO)n1. The number of aliphatic hydroxyl groups excluding tert-OH is 1. The Morgan fingerprint density at radius 1 is 1.60 bits per heavy atom. The van der Waals surface area contributed by atoms with E-state index in [4.69, 9.17) is 15.4 Å². The van der Waals surface area contributed by atoms with Crippen molar-refractivity contribution in [2.75, 3.05) is 6.61 Å². The highest BCUT2D eigenvalue weighted by molar-refractivity contribution is 7.99. The minimum absolute atomic E-state index is 0.180. The quantitative estimate of drug-likeness (QED) is 0.762. The van der Waals surface area contributed by atoms with Crippen molar-refractivity contribution in [1.29, 1.82) is 0 Å². The molecule has 3 N–H and O–H groups in total. The summed E-state index contributed by atoms with van der Waals surface area (Å²) in [6.07, 6.45) is 1.12. The van der Waals surface area contributed by atoms with Crippen LogP contribution in [0.3, 0.4) is 0 Å². The third-order valence-corrected chi connectivity index (χ3v) is 3.40. The van der Waals surface area contributed by atoms with E-state index in [0.29, 0.717) is 17.0 Å². The molecule has 1 heterocycles. The highest BCUT2D eigenvalue weighted by atomic mass is 32.2. The van der Waals surface area contributed by atoms with Gasteiger partial charge in [0.2, 0.25) is 5.89 Å². The van der Waals surface area contributed by atoms with Crippen LogP contribution in [0.2, 0.25) is 0 Å². The number of aromatic nitrogens is 2. The molecule has 0 saturated carbocycles. The molecule has 2 unspecified atom stereocenters. The van der Waals surface area contributed by atoms with Crippen molar-refractivity contribution in [2.45, 2.75) is 37.3 Å². The second-order valence-corrected chi connectivity index (χ2v) is 4.79. The Morgan fingerprint density at radius 3 is 2.93 bits per heavy atom. The molecule has 0 radical (unpaired) electrons. The summed E-state index contributed by atoms with van der Waals surface area (Å²) in [7, 11) is 0. The van der Waals surface area contributed by atoms with Crippen molar-refractivity contribution in [3.05, 3.63) is 11.7 Å². The molecule has 0 fully saturated rings. The second kappa shape index (κ2) is 6.09. The number of nitrogens with zero attached hydrogens (tertiary/aromatic N) is 2. The van der Waals surface area contributed by atoms with Gasteiger partial charge in [-0.2, -0.15) is 16.7 Å². The Morgan fingerprint density at radius 2 is 2.33 bits per heavy atom. The zero-order valence-corrected chi connectivity index (χ0v) is 9.83. The van der Waals surface area contributed by atoms with Crippen LogP contribution >= 0.6 is 11.8 Å². The molecule has 0 aliphatic heterocycles. The summed E-state index contributed by atoms with van der Waals surface area (Å²) in [6.45, 7) is 4.12. The number of aliphatic hydroxyl groups is 1. The number of hydrogen-bond donors (Lipinski definition) is 2. The zero-order chi connectivity index (χ0) is 11.3. The van der Waals surface area contributed by atoms with E-state index in [1.807, 2.05) is 0 Å². The van der Waals surface area contributed by atoms with Crippen LogP contribution in [0.4, 0.5) is 0 Å². The van der Waals surface area contributed by atoms with E-state index in [0.717, 1.165) is 12.2 Å². The summed E-state index contributed by atoms with van der Waals surface area (Å²) in [5.41, 5.74) is 5.54. The first-order chi connectivity index (χ1) is 7.17. The van der Waals surface area contributed by atoms with Crippen molar-refractivity contribution in [3.8, 4) is 0 Å². The molecule has 5 nitrogen and oxygen atoms in total. The highest BCUT2D eigenvalue weighted by Gasteiger charge is 2.13. The molecular weight excluding hydrogens is 214 g/mol. The predicted molar refractivity (Wildman–Crippen MR) is 59.4 cm³/mol. The number of rotatable bonds is 6. The summed E-state index contributed by atoms with van der Waals surface area (Å²) in [6, 6.07) is -0.570. The summed E-state index contributed by atoms with van der Waals surface area (Å²) >= 11 is 1.77. The van der Waals surface area contributed by atoms with E-state index in [1.54, 1.807) is 11.8 Å². The molecule has 0 saturated heterocycles. The highest BCUT2D eigenvalue weighted by Crippen LogP contribution is 2.18. The normalized spacial score (nSPS) is 15.2. The van der Waals surface area contributed by atoms with Gasteiger partial charge in [-0.25, -0.2) is 0 Å². The van der Waals surface area contributed by atoms with Crippen LogP contribution in [0.15, 0.2) is 4.52 Å². The van der Waals surface area contributed by atoms with Crippen LogP contribution in [-0.4, -0.2) is 27.1 Å². The molecule has 0 aromatic carbocycles. The largest absolute Gasteiger partial charge is 0.394 e. The Balaban J connectivity index is 2.46. The Kier molecular flexibility index (Phi) is 5.07. The van der Waals surface area contributed by atoms with Crippen molar-refractivity contribution in [3.63, 3.8) is 0 Å². The van der Waals surface area contributed by atoms with Crippen LogP contribution in [0.5, 0.6) is 0 Å². The van der Waals surface area contributed by atoms with Crippen LogP contribution in [0, 0.1) is 0 Å². The Hall–Kier alpha value is -0.590. The van der Waals surface area contributed by atoms with Gasteiger partial charge in [0.1, 0.15) is 6.04 Å². The molecular formula is C9H17N3O2S. The number of nitrogens with two attached hydrogens (primary N) is 1. The number of thioether (sulfide) groups is 1. The lowest BCUT2D eigenvalue weighted by Gasteiger charge is -2.04. The van der Waals surface area contributed by atoms with Gasteiger partial charge in [0, 0.05) is 5.25 Å². The van der Waals surface area contributed by atoms with Crippen LogP contribution < -0.4 is 5.73 Å². The Labute approximate surface area is 93.4 Å². The van der Waals surface area contributed by atoms with Crippen molar-refractivity contribution >= 4 is 11.8 Å². The van der Waals surface area contributed by atoms with Gasteiger partial charge in [0.25, 0.3) is 0 Å². The molecule has 2 atom stereocenters. The van der Waals surface area contributed by atoms with Crippen LogP contribution in [-0.2, 0) is 5.75 Å². The predicted octanol–water partition coefficient (Wildman–Crippen LogP) is 1.09. The van der Waals surface area contributed by atoms with E-state index < -0.39 is 6.04 Å². The molecule has 15 heavy (non-hydrogen) atoms. The molecule has 1 rings (SSSR count). The van der Waals surface area contributed by atoms with E-state index in [9.17, 15) is 0 Å². The molecule has 0 aliphatic carbocycles. The summed E-state index contributed by atoms with van der Waals surface area (Å²) in [4.78, 5) is 4.10. The summed E-state index contributed by atoms with van der Waals surface area (Å²) < 4.78 is 4.92. The van der Waals surface area contributed by atoms with Gasteiger partial charge in [-0.1, -0.05) is 19.0 Å². The lowest BCUT2D eigenvalue weighted by atomic mass is 10.3. The van der Waals surface area contributed by atoms with E-state index in [1.165, 1.54) is 0 Å². The molecule has 0 bridgehead atoms. The molecule has 0 aliphatic rings. The van der Waals surface area contributed by atoms with Gasteiger partial charge in [0.15, 0.2) is 5.82 Å². The maximum Gasteiger partial charge on any atom is 0.245 e. The van der Waals surface area contributed by atoms with Crippen LogP contribution in [0.1, 0.15) is 38.0 Å². The standard InChI is InChI=1S/C9H17N3O2S/c1-3-6(2)15-5-8-11-9(14-12-8)7(10)4-13/h6-7,13H,3-5,10H2,1-2H3. The first kappa shape index (κ1) is 12.5. The summed E-state index contributed by atoms with van der Waals surface area (Å²) in [5.74, 6) is 1.66. The fourth-order valence-electron chi connectivity index (χ4n) is 0.889. The minimum Gasteiger partial charge on any atom is -0.394 e. The van der Waals surface area contributed by atoms with Gasteiger partial charge < -0.3 is 15.4 Å². The lowest BCUT2D eigenvalue weighted by Crippen LogP contribution is -2.14. The van der Waals surface area contributed by atoms with Gasteiger partial charge >= 0.3 is 0 Å². The smallest absolute Gasteiger partial charge is 0.245 e. The van der Waals surface area contributed by atoms with E-state index >= 15 is 0 Å². The van der Waals surface area contributed by atoms with Gasteiger partial charge in [-0.05, 0) is 6.42 Å². The first-order valence-corrected chi connectivity index (χ1v) is 6.02. The fraction of sp³-hybridized carbons (Fsp3) is 0.778. The maximum absolute atomic E-state index is 8.80. The maximum atomic E-state index is 8.80. The van der Waals surface area contributed by atoms with Gasteiger partial charge in [-0.3, -0.25) is 0 Å². The third kappa shape index (κ3) is 3.81. The zero-order valence-electron chi connectivity index (χ0n) is 9.01. The molecule has 1 aromatic heterocycles. The summed E-state index contributed by atoms with van der Waals surface area (Å²) in [5, 5.41) is 13.2. The van der Waals surface area contributed by atoms with Gasteiger partial charge in [-0.15, -0.1) is 0 Å². The van der Waals surface area contributed by atoms with Crippen molar-refractivity contribution < 1.29 is 9.63 Å². The fourth-order valence-corrected chi connectivity index (χ4v) is 1.68. The van der Waals surface area contributed by atoms with Gasteiger partial charge in [0.05, 0.1) is 12.4 Å². The molecule has 0 amide bonds. The molecule has 1 aromatic rings. The topological polar surface area (TPSA) is 85.2 Å². The minimum atomic E-state index is -0.570. The monoisotopic (exact) mass is 231 g/mol. The molecule has 6 heteroatoms. The lowest BCUT2D eigenvalue weighted by molar-refractivity contribution is 0.236. The third-order valence-electron chi connectivity index (χ3n) is 2.07. The first-order valence-electron chi connectivity index (χ1n) is 4.97. The average Bonchev–Trinajstić information content (AvgIpc) is 2.73. The van der Waals surface area contributed by atoms with Crippen molar-refractivity contribution in [2.24, 2.45) is 5.73 Å². The van der Waals surface area contributed by atoms with Crippen LogP contribution in [0.25, 0.3) is 0 Å². The van der Waals surface area contributed by atoms with E-state index in [-0.39, 0.29) is 6.61 Å². The van der Waals surface area contributed by atoms with E-state index in [2.05, 4.69) is 24.0 Å². The average molecular weight is 231 g/mol. The molecule has 0 spiro atoms. The second-order valence-electron chi connectivity index (χ2n) is 3.37. The Bertz CT molecular complexity index is 293. The molecule has 86 valence electrons.